The van der Waals surface area contributed by atoms with Gasteiger partial charge in [0.2, 0.25) is 0 Å². The second kappa shape index (κ2) is 5.28. The van der Waals surface area contributed by atoms with Crippen molar-refractivity contribution in [3.8, 4) is 0 Å². The van der Waals surface area contributed by atoms with Gasteiger partial charge in [-0.3, -0.25) is 9.41 Å². The molecule has 0 radical (unpaired) electrons. The average molecular weight is 130 g/mol. The van der Waals surface area contributed by atoms with Gasteiger partial charge in [-0.1, -0.05) is 35.8 Å². The summed E-state index contributed by atoms with van der Waals surface area (Å²) >= 11 is 0. The molecule has 0 heterocycles. The molecular weight excluding hydrogens is 121 g/mol. The standard InChI is InChI=1S/C6H7B.2FH/c7-6-4-2-1-3-5-6;;/h1-5H,7H2;2*1H. The Morgan fingerprint density at radius 2 is 1.33 bits per heavy atom. The third-order valence-electron chi connectivity index (χ3n) is 0.940. The summed E-state index contributed by atoms with van der Waals surface area (Å²) in [7, 11) is 2.08. The molecule has 0 N–H and O–H groups in total. The van der Waals surface area contributed by atoms with Crippen LogP contribution in [0.2, 0.25) is 0 Å². The van der Waals surface area contributed by atoms with Crippen LogP contribution in [0.15, 0.2) is 30.3 Å². The van der Waals surface area contributed by atoms with Gasteiger partial charge in [-0.2, -0.15) is 0 Å². The zero-order chi connectivity index (χ0) is 5.11. The summed E-state index contributed by atoms with van der Waals surface area (Å²) in [6.07, 6.45) is 0. The Morgan fingerprint density at radius 3 is 1.56 bits per heavy atom. The first kappa shape index (κ1) is 11.0. The summed E-state index contributed by atoms with van der Waals surface area (Å²) in [6.45, 7) is 0. The topological polar surface area (TPSA) is 0 Å². The number of rotatable bonds is 0. The van der Waals surface area contributed by atoms with Crippen LogP contribution in [0.3, 0.4) is 0 Å². The molecule has 0 nitrogen and oxygen atoms in total. The van der Waals surface area contributed by atoms with Crippen molar-refractivity contribution in [1.82, 2.24) is 0 Å². The van der Waals surface area contributed by atoms with E-state index in [1.807, 2.05) is 18.2 Å². The van der Waals surface area contributed by atoms with Gasteiger partial charge in [-0.05, 0) is 0 Å². The van der Waals surface area contributed by atoms with Gasteiger partial charge in [0.1, 0.15) is 7.85 Å². The fourth-order valence-corrected chi connectivity index (χ4v) is 0.534. The highest BCUT2D eigenvalue weighted by Gasteiger charge is 1.72. The van der Waals surface area contributed by atoms with Crippen LogP contribution in [-0.2, 0) is 0 Å². The first-order valence-electron chi connectivity index (χ1n) is 2.41. The molecule has 0 spiro atoms. The van der Waals surface area contributed by atoms with Gasteiger partial charge in [0.25, 0.3) is 0 Å². The molecule has 50 valence electrons. The van der Waals surface area contributed by atoms with Gasteiger partial charge in [0, 0.05) is 0 Å². The Hall–Kier alpha value is -0.855. The van der Waals surface area contributed by atoms with E-state index in [1.54, 1.807) is 0 Å². The molecule has 0 aliphatic carbocycles. The maximum atomic E-state index is 2.08. The fourth-order valence-electron chi connectivity index (χ4n) is 0.534. The van der Waals surface area contributed by atoms with E-state index in [4.69, 9.17) is 0 Å². The van der Waals surface area contributed by atoms with Crippen LogP contribution in [-0.4, -0.2) is 7.85 Å². The zero-order valence-electron chi connectivity index (χ0n) is 5.20. The Morgan fingerprint density at radius 1 is 0.889 bits per heavy atom. The minimum atomic E-state index is 0. The second-order valence-electron chi connectivity index (χ2n) is 1.65. The van der Waals surface area contributed by atoms with Crippen LogP contribution in [0.4, 0.5) is 9.41 Å². The normalized spacial score (nSPS) is 6.67. The molecule has 0 aliphatic rings. The van der Waals surface area contributed by atoms with Crippen molar-refractivity contribution in [2.45, 2.75) is 0 Å². The predicted molar refractivity (Wildman–Crippen MR) is 39.6 cm³/mol. The molecule has 0 atom stereocenters. The van der Waals surface area contributed by atoms with Crippen molar-refractivity contribution in [2.24, 2.45) is 0 Å². The van der Waals surface area contributed by atoms with E-state index in [9.17, 15) is 0 Å². The predicted octanol–water partition coefficient (Wildman–Crippen LogP) is 0.250. The van der Waals surface area contributed by atoms with Crippen molar-refractivity contribution in [2.75, 3.05) is 0 Å². The smallest absolute Gasteiger partial charge is 0.139 e. The number of hydrogen-bond donors (Lipinski definition) is 0. The van der Waals surface area contributed by atoms with E-state index < -0.39 is 0 Å². The number of benzene rings is 1. The van der Waals surface area contributed by atoms with Crippen LogP contribution >= 0.6 is 0 Å². The Kier molecular flexibility index (Phi) is 6.47. The lowest BCUT2D eigenvalue weighted by Gasteiger charge is -1.82. The summed E-state index contributed by atoms with van der Waals surface area (Å²) in [5.74, 6) is 0. The molecule has 1 rings (SSSR count). The highest BCUT2D eigenvalue weighted by Crippen LogP contribution is 1.76. The molecule has 0 amide bonds. The Labute approximate surface area is 54.0 Å². The molecule has 9 heavy (non-hydrogen) atoms. The highest BCUT2D eigenvalue weighted by atomic mass is 19.0. The average Bonchev–Trinajstić information content (AvgIpc) is 1.69. The maximum Gasteiger partial charge on any atom is 0.139 e. The van der Waals surface area contributed by atoms with Crippen molar-refractivity contribution in [3.05, 3.63) is 30.3 Å². The number of halogens is 2. The molecule has 0 saturated carbocycles. The first-order chi connectivity index (χ1) is 3.39. The van der Waals surface area contributed by atoms with E-state index in [2.05, 4.69) is 20.0 Å². The van der Waals surface area contributed by atoms with Crippen molar-refractivity contribution < 1.29 is 9.41 Å². The molecule has 3 heteroatoms. The lowest BCUT2D eigenvalue weighted by Crippen LogP contribution is -1.97. The Bertz CT molecular complexity index is 141. The van der Waals surface area contributed by atoms with Crippen LogP contribution in [0.1, 0.15) is 0 Å². The minimum Gasteiger partial charge on any atom is -0.269 e. The summed E-state index contributed by atoms with van der Waals surface area (Å²) in [5.41, 5.74) is 1.32. The SMILES string of the molecule is Bc1ccccc1.F.F. The molecule has 0 unspecified atom stereocenters. The van der Waals surface area contributed by atoms with E-state index in [1.165, 1.54) is 5.46 Å². The van der Waals surface area contributed by atoms with Crippen LogP contribution < -0.4 is 5.46 Å². The molecule has 0 fully saturated rings. The van der Waals surface area contributed by atoms with E-state index in [0.717, 1.165) is 0 Å². The van der Waals surface area contributed by atoms with E-state index in [-0.39, 0.29) is 9.41 Å². The van der Waals surface area contributed by atoms with Crippen LogP contribution in [0, 0.1) is 0 Å². The number of hydrogen-bond acceptors (Lipinski definition) is 0. The summed E-state index contributed by atoms with van der Waals surface area (Å²) in [5, 5.41) is 0. The molecule has 0 aliphatic heterocycles. The monoisotopic (exact) mass is 130 g/mol. The third-order valence-corrected chi connectivity index (χ3v) is 0.940. The van der Waals surface area contributed by atoms with Gasteiger partial charge in [0.15, 0.2) is 0 Å². The van der Waals surface area contributed by atoms with Gasteiger partial charge in [0.05, 0.1) is 0 Å². The third kappa shape index (κ3) is 3.70. The second-order valence-corrected chi connectivity index (χ2v) is 1.65. The van der Waals surface area contributed by atoms with Crippen molar-refractivity contribution >= 4 is 13.3 Å². The van der Waals surface area contributed by atoms with Crippen molar-refractivity contribution in [3.63, 3.8) is 0 Å². The van der Waals surface area contributed by atoms with Gasteiger partial charge in [-0.15, -0.1) is 0 Å². The highest BCUT2D eigenvalue weighted by molar-refractivity contribution is 6.32. The van der Waals surface area contributed by atoms with E-state index >= 15 is 0 Å². The molecule has 0 aromatic heterocycles. The van der Waals surface area contributed by atoms with Crippen LogP contribution in [0.5, 0.6) is 0 Å². The van der Waals surface area contributed by atoms with Gasteiger partial charge >= 0.3 is 0 Å². The van der Waals surface area contributed by atoms with Gasteiger partial charge < -0.3 is 0 Å². The molecule has 0 bridgehead atoms. The zero-order valence-corrected chi connectivity index (χ0v) is 5.20. The first-order valence-corrected chi connectivity index (χ1v) is 2.41. The van der Waals surface area contributed by atoms with Gasteiger partial charge in [-0.25, -0.2) is 0 Å². The maximum absolute atomic E-state index is 2.08. The summed E-state index contributed by atoms with van der Waals surface area (Å²) < 4.78 is 0. The Balaban J connectivity index is 0. The molecule has 0 saturated heterocycles. The summed E-state index contributed by atoms with van der Waals surface area (Å²) in [6, 6.07) is 10.3. The lowest BCUT2D eigenvalue weighted by atomic mass is 9.97. The van der Waals surface area contributed by atoms with E-state index in [0.29, 0.717) is 0 Å². The quantitative estimate of drug-likeness (QED) is 0.441. The van der Waals surface area contributed by atoms with Crippen LogP contribution in [0.25, 0.3) is 0 Å². The van der Waals surface area contributed by atoms with Crippen molar-refractivity contribution in [1.29, 1.82) is 0 Å². The summed E-state index contributed by atoms with van der Waals surface area (Å²) in [4.78, 5) is 0. The largest absolute Gasteiger partial charge is 0.269 e. The lowest BCUT2D eigenvalue weighted by molar-refractivity contribution is 1.11. The molecule has 1 aromatic carbocycles. The molecular formula is C6H9BF2. The fraction of sp³-hybridized carbons (Fsp3) is 0. The molecule has 1 aromatic rings. The minimum absolute atomic E-state index is 0.